The van der Waals surface area contributed by atoms with Gasteiger partial charge < -0.3 is 9.47 Å². The van der Waals surface area contributed by atoms with E-state index >= 15 is 0 Å². The Labute approximate surface area is 84.6 Å². The molecule has 0 aromatic rings. The molecular weight excluding hydrogens is 184 g/mol. The zero-order chi connectivity index (χ0) is 11.4. The third-order valence-electron chi connectivity index (χ3n) is 1.37. The molecule has 0 atom stereocenters. The van der Waals surface area contributed by atoms with Gasteiger partial charge in [0.2, 0.25) is 0 Å². The lowest BCUT2D eigenvalue weighted by molar-refractivity contribution is -0.170. The topological polar surface area (TPSA) is 52.6 Å². The molecule has 1 radical (unpaired) electrons. The Kier molecular flexibility index (Phi) is 4.60. The van der Waals surface area contributed by atoms with Gasteiger partial charge in [0, 0.05) is 13.3 Å². The molecular formula is C10H17O4. The molecule has 0 aromatic carbocycles. The van der Waals surface area contributed by atoms with Crippen molar-refractivity contribution in [3.05, 3.63) is 6.29 Å². The molecule has 0 aliphatic carbocycles. The van der Waals surface area contributed by atoms with Gasteiger partial charge in [-0.2, -0.15) is 0 Å². The zero-order valence-electron chi connectivity index (χ0n) is 9.34. The quantitative estimate of drug-likeness (QED) is 0.655. The van der Waals surface area contributed by atoms with Crippen LogP contribution in [-0.2, 0) is 19.1 Å². The van der Waals surface area contributed by atoms with Gasteiger partial charge in [0.15, 0.2) is 0 Å². The summed E-state index contributed by atoms with van der Waals surface area (Å²) < 4.78 is 9.61. The lowest BCUT2D eigenvalue weighted by Crippen LogP contribution is -2.26. The minimum absolute atomic E-state index is 0.0532. The minimum atomic E-state index is -0.597. The van der Waals surface area contributed by atoms with Crippen molar-refractivity contribution in [2.75, 3.05) is 0 Å². The fourth-order valence-electron chi connectivity index (χ4n) is 0.582. The maximum absolute atomic E-state index is 11.4. The van der Waals surface area contributed by atoms with Crippen molar-refractivity contribution < 1.29 is 19.1 Å². The highest BCUT2D eigenvalue weighted by atomic mass is 16.7. The molecule has 0 bridgehead atoms. The van der Waals surface area contributed by atoms with Crippen LogP contribution in [0.15, 0.2) is 0 Å². The van der Waals surface area contributed by atoms with Crippen LogP contribution in [0.1, 0.15) is 41.0 Å². The molecule has 0 fully saturated rings. The number of rotatable bonds is 3. The van der Waals surface area contributed by atoms with Crippen molar-refractivity contribution in [1.29, 1.82) is 0 Å². The Morgan fingerprint density at radius 2 is 1.64 bits per heavy atom. The van der Waals surface area contributed by atoms with Crippen molar-refractivity contribution in [3.8, 4) is 0 Å². The van der Waals surface area contributed by atoms with E-state index in [2.05, 4.69) is 0 Å². The van der Waals surface area contributed by atoms with Crippen LogP contribution in [0, 0.1) is 11.7 Å². The Balaban J connectivity index is 4.19. The molecule has 0 unspecified atom stereocenters. The standard InChI is InChI=1S/C10H17O4/c1-6-8(13-7(2)11)14-9(12)10(3,4)5/h6H2,1-5H3. The second-order valence-electron chi connectivity index (χ2n) is 3.96. The lowest BCUT2D eigenvalue weighted by Gasteiger charge is -2.20. The molecule has 0 aliphatic heterocycles. The molecule has 4 nitrogen and oxygen atoms in total. The first-order chi connectivity index (χ1) is 6.27. The van der Waals surface area contributed by atoms with Crippen molar-refractivity contribution in [3.63, 3.8) is 0 Å². The summed E-state index contributed by atoms with van der Waals surface area (Å²) in [6, 6.07) is 0. The summed E-state index contributed by atoms with van der Waals surface area (Å²) in [4.78, 5) is 22.0. The average Bonchev–Trinajstić information content (AvgIpc) is 2.00. The van der Waals surface area contributed by atoms with Crippen molar-refractivity contribution >= 4 is 11.9 Å². The summed E-state index contributed by atoms with van der Waals surface area (Å²) >= 11 is 0. The highest BCUT2D eigenvalue weighted by molar-refractivity contribution is 5.76. The molecule has 0 heterocycles. The third kappa shape index (κ3) is 4.84. The maximum atomic E-state index is 11.4. The van der Waals surface area contributed by atoms with Crippen LogP contribution in [0.4, 0.5) is 0 Å². The van der Waals surface area contributed by atoms with Crippen LogP contribution >= 0.6 is 0 Å². The minimum Gasteiger partial charge on any atom is -0.415 e. The van der Waals surface area contributed by atoms with Gasteiger partial charge in [-0.3, -0.25) is 9.59 Å². The van der Waals surface area contributed by atoms with E-state index in [9.17, 15) is 9.59 Å². The van der Waals surface area contributed by atoms with E-state index in [1.807, 2.05) is 0 Å². The number of hydrogen-bond donors (Lipinski definition) is 0. The van der Waals surface area contributed by atoms with E-state index in [0.717, 1.165) is 0 Å². The summed E-state index contributed by atoms with van der Waals surface area (Å²) in [6.07, 6.45) is 0.430. The second kappa shape index (κ2) is 4.98. The highest BCUT2D eigenvalue weighted by Gasteiger charge is 2.27. The average molecular weight is 201 g/mol. The van der Waals surface area contributed by atoms with E-state index < -0.39 is 17.4 Å². The number of esters is 2. The second-order valence-corrected chi connectivity index (χ2v) is 3.96. The van der Waals surface area contributed by atoms with Gasteiger partial charge in [-0.25, -0.2) is 0 Å². The summed E-state index contributed by atoms with van der Waals surface area (Å²) in [7, 11) is 0. The van der Waals surface area contributed by atoms with E-state index in [-0.39, 0.29) is 6.29 Å². The summed E-state index contributed by atoms with van der Waals surface area (Å²) in [6.45, 7) is 8.21. The number of hydrogen-bond acceptors (Lipinski definition) is 4. The Morgan fingerprint density at radius 3 is 1.93 bits per heavy atom. The first-order valence-electron chi connectivity index (χ1n) is 4.54. The van der Waals surface area contributed by atoms with E-state index in [0.29, 0.717) is 6.42 Å². The molecule has 0 N–H and O–H groups in total. The van der Waals surface area contributed by atoms with Crippen LogP contribution < -0.4 is 0 Å². The molecule has 0 saturated carbocycles. The van der Waals surface area contributed by atoms with Crippen LogP contribution in [0.5, 0.6) is 0 Å². The zero-order valence-corrected chi connectivity index (χ0v) is 9.34. The predicted molar refractivity (Wildman–Crippen MR) is 50.8 cm³/mol. The van der Waals surface area contributed by atoms with Crippen LogP contribution in [0.2, 0.25) is 0 Å². The first kappa shape index (κ1) is 12.9. The first-order valence-corrected chi connectivity index (χ1v) is 4.54. The number of ether oxygens (including phenoxy) is 2. The van der Waals surface area contributed by atoms with Crippen LogP contribution in [0.3, 0.4) is 0 Å². The summed E-state index contributed by atoms with van der Waals surface area (Å²) in [5, 5.41) is 0. The molecule has 0 aliphatic rings. The highest BCUT2D eigenvalue weighted by Crippen LogP contribution is 2.20. The van der Waals surface area contributed by atoms with Gasteiger partial charge in [-0.05, 0) is 20.8 Å². The number of carbonyl (C=O) groups is 2. The Morgan fingerprint density at radius 1 is 1.14 bits per heavy atom. The lowest BCUT2D eigenvalue weighted by atomic mass is 9.97. The normalized spacial score (nSPS) is 11.3. The molecule has 0 rings (SSSR count). The summed E-state index contributed by atoms with van der Waals surface area (Å²) in [5.41, 5.74) is -0.597. The van der Waals surface area contributed by atoms with Crippen LogP contribution in [0.25, 0.3) is 0 Å². The van der Waals surface area contributed by atoms with Gasteiger partial charge in [0.05, 0.1) is 5.41 Å². The SMILES string of the molecule is CC[C](OC(C)=O)OC(=O)C(C)(C)C. The van der Waals surface area contributed by atoms with Gasteiger partial charge in [-0.15, -0.1) is 0 Å². The molecule has 4 heteroatoms. The third-order valence-corrected chi connectivity index (χ3v) is 1.37. The molecule has 0 amide bonds. The Bertz CT molecular complexity index is 215. The van der Waals surface area contributed by atoms with Gasteiger partial charge in [0.25, 0.3) is 0 Å². The van der Waals surface area contributed by atoms with Crippen molar-refractivity contribution in [2.45, 2.75) is 41.0 Å². The van der Waals surface area contributed by atoms with E-state index in [4.69, 9.17) is 9.47 Å². The van der Waals surface area contributed by atoms with Crippen molar-refractivity contribution in [1.82, 2.24) is 0 Å². The monoisotopic (exact) mass is 201 g/mol. The largest absolute Gasteiger partial charge is 0.415 e. The number of carbonyl (C=O) groups excluding carboxylic acids is 2. The van der Waals surface area contributed by atoms with E-state index in [1.54, 1.807) is 27.7 Å². The predicted octanol–water partition coefficient (Wildman–Crippen LogP) is 2.04. The fourth-order valence-corrected chi connectivity index (χ4v) is 0.582. The molecule has 0 saturated heterocycles. The summed E-state index contributed by atoms with van der Waals surface area (Å²) in [5.74, 6) is -0.890. The van der Waals surface area contributed by atoms with Crippen molar-refractivity contribution in [2.24, 2.45) is 5.41 Å². The molecule has 0 aromatic heterocycles. The van der Waals surface area contributed by atoms with E-state index in [1.165, 1.54) is 6.92 Å². The molecule has 14 heavy (non-hydrogen) atoms. The Hall–Kier alpha value is -1.06. The fraction of sp³-hybridized carbons (Fsp3) is 0.700. The van der Waals surface area contributed by atoms with Gasteiger partial charge in [0.1, 0.15) is 0 Å². The molecule has 0 spiro atoms. The van der Waals surface area contributed by atoms with Gasteiger partial charge >= 0.3 is 18.2 Å². The molecule has 81 valence electrons. The van der Waals surface area contributed by atoms with Gasteiger partial charge in [-0.1, -0.05) is 6.92 Å². The smallest absolute Gasteiger partial charge is 0.333 e. The maximum Gasteiger partial charge on any atom is 0.333 e. The van der Waals surface area contributed by atoms with Crippen LogP contribution in [-0.4, -0.2) is 11.9 Å².